The molecule has 1 aromatic carbocycles. The summed E-state index contributed by atoms with van der Waals surface area (Å²) in [5.41, 5.74) is 0.853. The quantitative estimate of drug-likeness (QED) is 0.845. The lowest BCUT2D eigenvalue weighted by atomic mass is 10.3. The number of aromatic nitrogens is 3. The molecule has 82 valence electrons. The van der Waals surface area contributed by atoms with Gasteiger partial charge in [-0.25, -0.2) is 4.98 Å². The lowest BCUT2D eigenvalue weighted by molar-refractivity contribution is 0.0979. The second kappa shape index (κ2) is 4.57. The molecule has 0 aliphatic heterocycles. The fourth-order valence-electron chi connectivity index (χ4n) is 1.49. The zero-order valence-electron chi connectivity index (χ0n) is 8.92. The molecule has 0 saturated heterocycles. The van der Waals surface area contributed by atoms with Crippen molar-refractivity contribution in [3.8, 4) is 0 Å². The van der Waals surface area contributed by atoms with E-state index in [1.807, 2.05) is 37.3 Å². The van der Waals surface area contributed by atoms with E-state index in [1.54, 1.807) is 4.90 Å². The number of nitrogens with zero attached hydrogens (tertiary/aromatic N) is 3. The molecule has 0 saturated carbocycles. The summed E-state index contributed by atoms with van der Waals surface area (Å²) in [6.45, 7) is 2.50. The number of aromatic amines is 1. The van der Waals surface area contributed by atoms with Gasteiger partial charge in [-0.1, -0.05) is 18.2 Å². The van der Waals surface area contributed by atoms with Crippen molar-refractivity contribution in [1.29, 1.82) is 0 Å². The third-order valence-electron chi connectivity index (χ3n) is 2.25. The van der Waals surface area contributed by atoms with E-state index in [-0.39, 0.29) is 11.7 Å². The first kappa shape index (κ1) is 10.4. The van der Waals surface area contributed by atoms with Gasteiger partial charge in [0, 0.05) is 12.2 Å². The summed E-state index contributed by atoms with van der Waals surface area (Å²) in [5.74, 6) is 0.0805. The molecule has 0 bridgehead atoms. The van der Waals surface area contributed by atoms with E-state index in [0.29, 0.717) is 6.54 Å². The highest BCUT2D eigenvalue weighted by molar-refractivity contribution is 6.03. The lowest BCUT2D eigenvalue weighted by Gasteiger charge is -2.19. The van der Waals surface area contributed by atoms with Crippen molar-refractivity contribution in [3.63, 3.8) is 0 Å². The monoisotopic (exact) mass is 216 g/mol. The van der Waals surface area contributed by atoms with E-state index in [1.165, 1.54) is 6.33 Å². The summed E-state index contributed by atoms with van der Waals surface area (Å²) in [6, 6.07) is 9.48. The van der Waals surface area contributed by atoms with Crippen molar-refractivity contribution in [1.82, 2.24) is 15.2 Å². The predicted molar refractivity (Wildman–Crippen MR) is 60.2 cm³/mol. The van der Waals surface area contributed by atoms with Gasteiger partial charge in [0.15, 0.2) is 0 Å². The van der Waals surface area contributed by atoms with Crippen molar-refractivity contribution in [2.24, 2.45) is 0 Å². The summed E-state index contributed by atoms with van der Waals surface area (Å²) in [7, 11) is 0. The van der Waals surface area contributed by atoms with Crippen LogP contribution in [0.3, 0.4) is 0 Å². The zero-order valence-corrected chi connectivity index (χ0v) is 8.92. The third-order valence-corrected chi connectivity index (χ3v) is 2.25. The van der Waals surface area contributed by atoms with E-state index in [9.17, 15) is 4.79 Å². The van der Waals surface area contributed by atoms with Crippen molar-refractivity contribution >= 4 is 11.6 Å². The number of para-hydroxylation sites is 1. The first-order valence-corrected chi connectivity index (χ1v) is 5.05. The summed E-state index contributed by atoms with van der Waals surface area (Å²) in [6.07, 6.45) is 1.33. The predicted octanol–water partition coefficient (Wildman–Crippen LogP) is 1.47. The molecule has 1 N–H and O–H groups in total. The number of amides is 1. The number of anilines is 1. The molecule has 2 rings (SSSR count). The van der Waals surface area contributed by atoms with Gasteiger partial charge in [0.2, 0.25) is 5.82 Å². The summed E-state index contributed by atoms with van der Waals surface area (Å²) in [5, 5.41) is 6.24. The normalized spacial score (nSPS) is 10.1. The number of H-pyrrole nitrogens is 1. The number of benzene rings is 1. The highest BCUT2D eigenvalue weighted by atomic mass is 16.2. The molecule has 1 amide bonds. The Bertz CT molecular complexity index is 452. The standard InChI is InChI=1S/C11H12N4O/c1-2-15(9-6-4-3-5-7-9)11(16)10-12-8-13-14-10/h3-8H,2H2,1H3,(H,12,13,14). The molecule has 1 heterocycles. The van der Waals surface area contributed by atoms with Gasteiger partial charge in [-0.2, -0.15) is 5.10 Å². The summed E-state index contributed by atoms with van der Waals surface area (Å²) in [4.78, 5) is 17.5. The Balaban J connectivity index is 2.27. The van der Waals surface area contributed by atoms with E-state index in [2.05, 4.69) is 15.2 Å². The Labute approximate surface area is 93.1 Å². The van der Waals surface area contributed by atoms with Crippen molar-refractivity contribution in [2.75, 3.05) is 11.4 Å². The van der Waals surface area contributed by atoms with Crippen LogP contribution in [0.5, 0.6) is 0 Å². The molecule has 0 aliphatic rings. The van der Waals surface area contributed by atoms with Gasteiger partial charge in [0.1, 0.15) is 6.33 Å². The van der Waals surface area contributed by atoms with Gasteiger partial charge in [0.25, 0.3) is 5.91 Å². The second-order valence-electron chi connectivity index (χ2n) is 3.22. The Morgan fingerprint density at radius 1 is 1.38 bits per heavy atom. The van der Waals surface area contributed by atoms with Crippen LogP contribution in [0, 0.1) is 0 Å². The first-order valence-electron chi connectivity index (χ1n) is 5.05. The largest absolute Gasteiger partial charge is 0.306 e. The van der Waals surface area contributed by atoms with Gasteiger partial charge in [0.05, 0.1) is 0 Å². The molecular weight excluding hydrogens is 204 g/mol. The SMILES string of the molecule is CCN(C(=O)c1ncn[nH]1)c1ccccc1. The maximum atomic E-state index is 12.0. The molecule has 2 aromatic rings. The molecule has 16 heavy (non-hydrogen) atoms. The van der Waals surface area contributed by atoms with Gasteiger partial charge in [-0.05, 0) is 19.1 Å². The Morgan fingerprint density at radius 3 is 2.69 bits per heavy atom. The summed E-state index contributed by atoms with van der Waals surface area (Å²) >= 11 is 0. The van der Waals surface area contributed by atoms with E-state index >= 15 is 0 Å². The minimum atomic E-state index is -0.175. The van der Waals surface area contributed by atoms with Gasteiger partial charge in [-0.15, -0.1) is 0 Å². The van der Waals surface area contributed by atoms with Crippen molar-refractivity contribution in [3.05, 3.63) is 42.5 Å². The highest BCUT2D eigenvalue weighted by Gasteiger charge is 2.17. The number of hydrogen-bond acceptors (Lipinski definition) is 3. The highest BCUT2D eigenvalue weighted by Crippen LogP contribution is 2.14. The number of rotatable bonds is 3. The molecule has 0 unspecified atom stereocenters. The number of carbonyl (C=O) groups excluding carboxylic acids is 1. The molecule has 0 aliphatic carbocycles. The topological polar surface area (TPSA) is 61.9 Å². The smallest absolute Gasteiger partial charge is 0.295 e. The number of carbonyl (C=O) groups is 1. The average Bonchev–Trinajstić information content (AvgIpc) is 2.85. The second-order valence-corrected chi connectivity index (χ2v) is 3.22. The van der Waals surface area contributed by atoms with Crippen LogP contribution < -0.4 is 4.90 Å². The molecule has 0 atom stereocenters. The van der Waals surface area contributed by atoms with Crippen LogP contribution in [-0.2, 0) is 0 Å². The van der Waals surface area contributed by atoms with Crippen LogP contribution in [0.1, 0.15) is 17.5 Å². The molecule has 5 nitrogen and oxygen atoms in total. The number of hydrogen-bond donors (Lipinski definition) is 1. The van der Waals surface area contributed by atoms with E-state index in [0.717, 1.165) is 5.69 Å². The van der Waals surface area contributed by atoms with Gasteiger partial charge >= 0.3 is 0 Å². The maximum Gasteiger partial charge on any atom is 0.295 e. The van der Waals surface area contributed by atoms with Crippen LogP contribution in [-0.4, -0.2) is 27.6 Å². The zero-order chi connectivity index (χ0) is 11.4. The van der Waals surface area contributed by atoms with E-state index < -0.39 is 0 Å². The molecule has 0 radical (unpaired) electrons. The average molecular weight is 216 g/mol. The Morgan fingerprint density at radius 2 is 2.12 bits per heavy atom. The minimum Gasteiger partial charge on any atom is -0.306 e. The first-order chi connectivity index (χ1) is 7.83. The van der Waals surface area contributed by atoms with Crippen LogP contribution in [0.4, 0.5) is 5.69 Å². The van der Waals surface area contributed by atoms with Crippen molar-refractivity contribution < 1.29 is 4.79 Å². The van der Waals surface area contributed by atoms with Crippen LogP contribution in [0.2, 0.25) is 0 Å². The molecular formula is C11H12N4O. The van der Waals surface area contributed by atoms with Crippen LogP contribution >= 0.6 is 0 Å². The molecule has 5 heteroatoms. The fourth-order valence-corrected chi connectivity index (χ4v) is 1.49. The Kier molecular flexibility index (Phi) is 2.95. The molecule has 0 fully saturated rings. The number of nitrogens with one attached hydrogen (secondary N) is 1. The van der Waals surface area contributed by atoms with E-state index in [4.69, 9.17) is 0 Å². The molecule has 1 aromatic heterocycles. The lowest BCUT2D eigenvalue weighted by Crippen LogP contribution is -2.31. The minimum absolute atomic E-state index is 0.175. The van der Waals surface area contributed by atoms with Crippen LogP contribution in [0.25, 0.3) is 0 Å². The van der Waals surface area contributed by atoms with Crippen molar-refractivity contribution in [2.45, 2.75) is 6.92 Å². The van der Waals surface area contributed by atoms with Gasteiger partial charge in [-0.3, -0.25) is 9.89 Å². The summed E-state index contributed by atoms with van der Waals surface area (Å²) < 4.78 is 0. The van der Waals surface area contributed by atoms with Gasteiger partial charge < -0.3 is 4.90 Å². The fraction of sp³-hybridized carbons (Fsp3) is 0.182. The third kappa shape index (κ3) is 1.93. The molecule has 0 spiro atoms. The Hall–Kier alpha value is -2.17. The van der Waals surface area contributed by atoms with Crippen LogP contribution in [0.15, 0.2) is 36.7 Å². The maximum absolute atomic E-state index is 12.0.